The van der Waals surface area contributed by atoms with Gasteiger partial charge in [0.05, 0.1) is 0 Å². The Balaban J connectivity index is 1.84. The number of carbonyl (C=O) groups is 12. The van der Waals surface area contributed by atoms with Gasteiger partial charge in [-0.3, -0.25) is 43.2 Å². The first-order chi connectivity index (χ1) is 37.6. The van der Waals surface area contributed by atoms with Gasteiger partial charge in [0.1, 0.15) is 34.9 Å². The largest absolute Gasteiger partial charge is 0.481 e. The van der Waals surface area contributed by atoms with Crippen LogP contribution in [0.15, 0.2) is 54.6 Å². The first-order valence-corrected chi connectivity index (χ1v) is 25.4. The van der Waals surface area contributed by atoms with Crippen LogP contribution < -0.4 is 47.9 Å². The van der Waals surface area contributed by atoms with Crippen molar-refractivity contribution in [1.29, 1.82) is 0 Å². The molecule has 3 unspecified atom stereocenters. The first kappa shape index (κ1) is 64.2. The molecule has 0 fully saturated rings. The number of ether oxygens (including phenoxy) is 3. The van der Waals surface area contributed by atoms with Gasteiger partial charge in [0.15, 0.2) is 0 Å². The summed E-state index contributed by atoms with van der Waals surface area (Å²) in [6.07, 6.45) is -5.83. The van der Waals surface area contributed by atoms with Gasteiger partial charge in [-0.1, -0.05) is 0 Å². The van der Waals surface area contributed by atoms with Gasteiger partial charge in [-0.05, 0) is 153 Å². The fourth-order valence-electron chi connectivity index (χ4n) is 7.49. The Kier molecular flexibility index (Phi) is 22.2. The quantitative estimate of drug-likeness (QED) is 0.0755. The highest BCUT2D eigenvalue weighted by Crippen LogP contribution is 2.23. The molecule has 3 aromatic rings. The van der Waals surface area contributed by atoms with Crippen molar-refractivity contribution in [3.05, 3.63) is 88.0 Å². The van der Waals surface area contributed by atoms with Gasteiger partial charge in [-0.15, -0.1) is 0 Å². The Morgan fingerprint density at radius 1 is 0.420 bits per heavy atom. The molecule has 4 rings (SSSR count). The third-order valence-corrected chi connectivity index (χ3v) is 10.9. The lowest BCUT2D eigenvalue weighted by Gasteiger charge is -2.23. The molecule has 12 N–H and O–H groups in total. The van der Waals surface area contributed by atoms with Crippen molar-refractivity contribution in [2.45, 2.75) is 155 Å². The van der Waals surface area contributed by atoms with Gasteiger partial charge < -0.3 is 77.4 Å². The molecule has 27 nitrogen and oxygen atoms in total. The first-order valence-electron chi connectivity index (χ1n) is 25.4. The van der Waals surface area contributed by atoms with E-state index in [4.69, 9.17) is 14.2 Å². The summed E-state index contributed by atoms with van der Waals surface area (Å²) >= 11 is 0. The predicted octanol–water partition coefficient (Wildman–Crippen LogP) is 4.88. The number of rotatable bonds is 18. The van der Waals surface area contributed by atoms with Crippen LogP contribution in [0.4, 0.5) is 31.4 Å². The van der Waals surface area contributed by atoms with E-state index in [9.17, 15) is 72.9 Å². The molecule has 3 aromatic carbocycles. The summed E-state index contributed by atoms with van der Waals surface area (Å²) in [4.78, 5) is 157. The molecule has 0 spiro atoms. The van der Waals surface area contributed by atoms with Crippen molar-refractivity contribution < 1.29 is 87.1 Å². The van der Waals surface area contributed by atoms with E-state index in [0.717, 1.165) is 0 Å². The topological polar surface area (TPSA) is 401 Å². The van der Waals surface area contributed by atoms with Gasteiger partial charge in [0.25, 0.3) is 17.7 Å². The molecule has 0 aromatic heterocycles. The summed E-state index contributed by atoms with van der Waals surface area (Å²) in [6, 6.07) is 7.66. The lowest BCUT2D eigenvalue weighted by Crippen LogP contribution is -2.46. The fourth-order valence-corrected chi connectivity index (χ4v) is 7.49. The number of carboxylic acid groups (broad SMARTS) is 3. The van der Waals surface area contributed by atoms with Crippen molar-refractivity contribution in [2.75, 3.05) is 16.0 Å². The van der Waals surface area contributed by atoms with E-state index in [2.05, 4.69) is 47.9 Å². The van der Waals surface area contributed by atoms with E-state index in [-0.39, 0.29) is 89.3 Å². The maximum Gasteiger partial charge on any atom is 0.408 e. The average molecular weight is 1130 g/mol. The monoisotopic (exact) mass is 1130 g/mol. The number of alkyl carbamates (subject to hydrolysis) is 3. The molecular formula is C54H69N9O18. The molecule has 1 aliphatic rings. The number of hydrogen-bond donors (Lipinski definition) is 12. The van der Waals surface area contributed by atoms with E-state index in [1.807, 2.05) is 0 Å². The van der Waals surface area contributed by atoms with Crippen LogP contribution in [-0.2, 0) is 62.6 Å². The van der Waals surface area contributed by atoms with Crippen LogP contribution >= 0.6 is 0 Å². The van der Waals surface area contributed by atoms with Crippen LogP contribution in [0.2, 0.25) is 0 Å². The second kappa shape index (κ2) is 28.0. The molecule has 6 bridgehead atoms. The summed E-state index contributed by atoms with van der Waals surface area (Å²) in [7, 11) is 0. The number of aliphatic carboxylic acids is 3. The number of fused-ring (bicyclic) bond motifs is 6. The molecule has 438 valence electrons. The molecule has 3 atom stereocenters. The molecule has 0 saturated heterocycles. The van der Waals surface area contributed by atoms with Crippen LogP contribution in [0.25, 0.3) is 0 Å². The summed E-state index contributed by atoms with van der Waals surface area (Å²) in [5, 5.41) is 51.3. The maximum atomic E-state index is 14.1. The zero-order valence-electron chi connectivity index (χ0n) is 46.3. The highest BCUT2D eigenvalue weighted by molar-refractivity contribution is 6.03. The molecule has 9 amide bonds. The van der Waals surface area contributed by atoms with E-state index in [1.165, 1.54) is 54.6 Å². The van der Waals surface area contributed by atoms with Crippen molar-refractivity contribution in [3.8, 4) is 0 Å². The van der Waals surface area contributed by atoms with E-state index < -0.39 is 126 Å². The third kappa shape index (κ3) is 23.3. The van der Waals surface area contributed by atoms with E-state index in [0.29, 0.717) is 0 Å². The zero-order chi connectivity index (χ0) is 60.6. The zero-order valence-corrected chi connectivity index (χ0v) is 46.3. The Morgan fingerprint density at radius 3 is 0.864 bits per heavy atom. The van der Waals surface area contributed by atoms with Crippen molar-refractivity contribution in [2.24, 2.45) is 0 Å². The van der Waals surface area contributed by atoms with Crippen LogP contribution in [0.3, 0.4) is 0 Å². The molecule has 81 heavy (non-hydrogen) atoms. The van der Waals surface area contributed by atoms with Crippen molar-refractivity contribution in [3.63, 3.8) is 0 Å². The van der Waals surface area contributed by atoms with Crippen LogP contribution in [-0.4, -0.2) is 122 Å². The standard InChI is InChI=1S/C54H69N9O18/c1-52(2,3)79-49(76)61-37(10-13-40(64)65)46(73)58-34-19-28-16-31(22-34)43(70)56-26-29-17-33(24-35(20-29)59-47(74)38(11-14-41(66)67)62-50(77)80-53(4,5)6)45(72)57-27-30-18-32(44(71)55-25-28)23-36(21-30)60-48(75)39(12-15-42(68)69)63-51(78)81-54(7,8)9/h16-24,37-39H,10-15,25-27H2,1-9H3,(H,55,71)(H,56,70)(H,57,72)(H,58,73)(H,59,74)(H,60,75)(H,61,76)(H,62,77)(H,63,78)(H,64,65)(H,66,67)(H,68,69). The number of carboxylic acids is 3. The molecule has 0 saturated carbocycles. The third-order valence-electron chi connectivity index (χ3n) is 10.9. The second-order valence-electron chi connectivity index (χ2n) is 21.7. The summed E-state index contributed by atoms with van der Waals surface area (Å²) < 4.78 is 15.8. The lowest BCUT2D eigenvalue weighted by molar-refractivity contribution is -0.138. The van der Waals surface area contributed by atoms with Gasteiger partial charge in [-0.25, -0.2) is 14.4 Å². The number of nitrogens with one attached hydrogen (secondary N) is 9. The summed E-state index contributed by atoms with van der Waals surface area (Å²) in [5.74, 6) is -8.86. The minimum atomic E-state index is -1.46. The molecule has 1 heterocycles. The Hall–Kier alpha value is -9.30. The van der Waals surface area contributed by atoms with Gasteiger partial charge in [0.2, 0.25) is 17.7 Å². The van der Waals surface area contributed by atoms with Crippen LogP contribution in [0.5, 0.6) is 0 Å². The van der Waals surface area contributed by atoms with Crippen LogP contribution in [0, 0.1) is 0 Å². The number of hydrogen-bond acceptors (Lipinski definition) is 15. The Bertz CT molecular complexity index is 2610. The minimum absolute atomic E-state index is 0.0526. The number of amides is 9. The van der Waals surface area contributed by atoms with Crippen molar-refractivity contribution in [1.82, 2.24) is 31.9 Å². The molecule has 27 heteroatoms. The van der Waals surface area contributed by atoms with Gasteiger partial charge >= 0.3 is 36.2 Å². The van der Waals surface area contributed by atoms with Gasteiger partial charge in [0, 0.05) is 72.6 Å². The molecule has 0 radical (unpaired) electrons. The van der Waals surface area contributed by atoms with E-state index >= 15 is 0 Å². The normalized spacial score (nSPS) is 14.0. The number of carbonyl (C=O) groups excluding carboxylic acids is 9. The number of anilines is 3. The lowest BCUT2D eigenvalue weighted by atomic mass is 10.0. The summed E-state index contributed by atoms with van der Waals surface area (Å²) in [6.45, 7) is 13.2. The molecule has 1 aliphatic heterocycles. The highest BCUT2D eigenvalue weighted by Gasteiger charge is 2.29. The SMILES string of the molecule is CC(C)(C)OC(=O)NC(CCC(=O)O)C(=O)Nc1cc2cc(c1)C(=O)NCc1cc(NC(=O)C(CCC(=O)O)NC(=O)OC(C)(C)C)cc(c1)C(=O)NCc1cc(NC(=O)C(CCC(=O)O)NC(=O)OC(C)(C)C)cc(c1)C(=O)NC2. The highest BCUT2D eigenvalue weighted by atomic mass is 16.6. The van der Waals surface area contributed by atoms with Gasteiger partial charge in [-0.2, -0.15) is 0 Å². The van der Waals surface area contributed by atoms with Crippen molar-refractivity contribution >= 4 is 88.7 Å². The van der Waals surface area contributed by atoms with E-state index in [1.54, 1.807) is 62.3 Å². The predicted molar refractivity (Wildman–Crippen MR) is 289 cm³/mol. The van der Waals surface area contributed by atoms with Crippen LogP contribution in [0.1, 0.15) is 149 Å². The maximum absolute atomic E-state index is 14.1. The fraction of sp³-hybridized carbons (Fsp3) is 0.444. The smallest absolute Gasteiger partial charge is 0.408 e. The Labute approximate surface area is 465 Å². The summed E-state index contributed by atoms with van der Waals surface area (Å²) in [5.41, 5.74) is -2.82. The average Bonchev–Trinajstić information content (AvgIpc) is 3.33. The second-order valence-corrected chi connectivity index (χ2v) is 21.7. The molecule has 0 aliphatic carbocycles. The molecular weight excluding hydrogens is 1060 g/mol. The number of benzene rings is 3. The Morgan fingerprint density at radius 2 is 0.654 bits per heavy atom. The minimum Gasteiger partial charge on any atom is -0.481 e.